The van der Waals surface area contributed by atoms with Gasteiger partial charge in [-0.1, -0.05) is 37.6 Å². The largest absolute Gasteiger partial charge is 0.444 e. The standard InChI is InChI=1S/C30H39N7O3/c1-19(2)25(33-29(38)40-30(4,5)6)27-32-26-23(36-13-15-39-16-14-36)18-24(31-28(26)35(27)7)37-12-11-22(34-37)21-10-8-9-20(3)17-21/h8-12,17-19,25H,13-16H2,1-7H3,(H,33,38)/t25-/m0/s1. The maximum atomic E-state index is 12.7. The minimum absolute atomic E-state index is 0.0670. The van der Waals surface area contributed by atoms with Gasteiger partial charge >= 0.3 is 6.09 Å². The number of carbonyl (C=O) groups excluding carboxylic acids is 1. The zero-order valence-corrected chi connectivity index (χ0v) is 24.4. The topological polar surface area (TPSA) is 99.3 Å². The number of hydrogen-bond donors (Lipinski definition) is 1. The molecule has 3 aromatic heterocycles. The third-order valence-electron chi connectivity index (χ3n) is 6.93. The van der Waals surface area contributed by atoms with Crippen molar-refractivity contribution in [3.63, 3.8) is 0 Å². The lowest BCUT2D eigenvalue weighted by molar-refractivity contribution is 0.0485. The third kappa shape index (κ3) is 5.82. The van der Waals surface area contributed by atoms with Crippen LogP contribution in [-0.4, -0.2) is 62.3 Å². The van der Waals surface area contributed by atoms with Crippen LogP contribution in [0.25, 0.3) is 28.2 Å². The van der Waals surface area contributed by atoms with Crippen molar-refractivity contribution in [1.29, 1.82) is 0 Å². The van der Waals surface area contributed by atoms with E-state index < -0.39 is 11.7 Å². The van der Waals surface area contributed by atoms with Crippen molar-refractivity contribution in [2.75, 3.05) is 31.2 Å². The number of imidazole rings is 1. The minimum Gasteiger partial charge on any atom is -0.444 e. The summed E-state index contributed by atoms with van der Waals surface area (Å²) in [5.74, 6) is 1.48. The molecule has 0 bridgehead atoms. The third-order valence-corrected chi connectivity index (χ3v) is 6.93. The lowest BCUT2D eigenvalue weighted by Gasteiger charge is -2.29. The molecule has 4 aromatic rings. The van der Waals surface area contributed by atoms with Gasteiger partial charge in [-0.25, -0.2) is 19.4 Å². The van der Waals surface area contributed by atoms with Gasteiger partial charge in [0.25, 0.3) is 0 Å². The average Bonchev–Trinajstić information content (AvgIpc) is 3.52. The van der Waals surface area contributed by atoms with E-state index >= 15 is 0 Å². The van der Waals surface area contributed by atoms with Crippen LogP contribution in [0.3, 0.4) is 0 Å². The Morgan fingerprint density at radius 2 is 1.85 bits per heavy atom. The van der Waals surface area contributed by atoms with Crippen LogP contribution in [-0.2, 0) is 16.5 Å². The number of hydrogen-bond acceptors (Lipinski definition) is 7. The number of ether oxygens (including phenoxy) is 2. The van der Waals surface area contributed by atoms with Crippen LogP contribution in [0.2, 0.25) is 0 Å². The monoisotopic (exact) mass is 545 g/mol. The van der Waals surface area contributed by atoms with Crippen molar-refractivity contribution in [2.45, 2.75) is 53.2 Å². The molecule has 1 amide bonds. The van der Waals surface area contributed by atoms with Crippen molar-refractivity contribution in [3.8, 4) is 17.1 Å². The molecule has 0 aliphatic carbocycles. The van der Waals surface area contributed by atoms with E-state index in [4.69, 9.17) is 24.5 Å². The van der Waals surface area contributed by atoms with Crippen LogP contribution in [0.4, 0.5) is 10.5 Å². The van der Waals surface area contributed by atoms with E-state index in [1.807, 2.05) is 61.5 Å². The molecule has 1 aliphatic rings. The lowest BCUT2D eigenvalue weighted by Crippen LogP contribution is -2.37. The molecule has 1 fully saturated rings. The molecule has 0 unspecified atom stereocenters. The van der Waals surface area contributed by atoms with Gasteiger partial charge in [-0.2, -0.15) is 5.10 Å². The number of rotatable bonds is 6. The number of nitrogens with one attached hydrogen (secondary N) is 1. The van der Waals surface area contributed by atoms with E-state index in [9.17, 15) is 4.79 Å². The highest BCUT2D eigenvalue weighted by Gasteiger charge is 2.29. The van der Waals surface area contributed by atoms with Gasteiger partial charge in [0.1, 0.15) is 16.9 Å². The van der Waals surface area contributed by atoms with E-state index in [2.05, 4.69) is 49.2 Å². The molecule has 4 heterocycles. The van der Waals surface area contributed by atoms with Crippen LogP contribution in [0.1, 0.15) is 52.0 Å². The summed E-state index contributed by atoms with van der Waals surface area (Å²) in [6.07, 6.45) is 1.47. The number of anilines is 1. The number of aryl methyl sites for hydroxylation is 2. The minimum atomic E-state index is -0.598. The fraction of sp³-hybridized carbons (Fsp3) is 0.467. The van der Waals surface area contributed by atoms with E-state index in [1.165, 1.54) is 5.56 Å². The summed E-state index contributed by atoms with van der Waals surface area (Å²) in [5, 5.41) is 7.90. The summed E-state index contributed by atoms with van der Waals surface area (Å²) in [5.41, 5.74) is 5.00. The highest BCUT2D eigenvalue weighted by Crippen LogP contribution is 2.32. The SMILES string of the molecule is Cc1cccc(-c2ccn(-c3cc(N4CCOCC4)c4nc([C@@H](NC(=O)OC(C)(C)C)C(C)C)n(C)c4n3)n2)c1. The first-order chi connectivity index (χ1) is 19.0. The molecule has 1 N–H and O–H groups in total. The van der Waals surface area contributed by atoms with Gasteiger partial charge < -0.3 is 24.3 Å². The van der Waals surface area contributed by atoms with Crippen LogP contribution in [0, 0.1) is 12.8 Å². The fourth-order valence-corrected chi connectivity index (χ4v) is 4.95. The molecular formula is C30H39N7O3. The number of fused-ring (bicyclic) bond motifs is 1. The molecule has 1 saturated heterocycles. The van der Waals surface area contributed by atoms with Gasteiger partial charge in [0, 0.05) is 38.0 Å². The Morgan fingerprint density at radius 3 is 2.52 bits per heavy atom. The smallest absolute Gasteiger partial charge is 0.408 e. The molecule has 0 spiro atoms. The number of nitrogens with zero attached hydrogens (tertiary/aromatic N) is 6. The number of morpholine rings is 1. The Kier molecular flexibility index (Phi) is 7.55. The Morgan fingerprint density at radius 1 is 1.10 bits per heavy atom. The molecule has 0 radical (unpaired) electrons. The first kappa shape index (κ1) is 27.6. The summed E-state index contributed by atoms with van der Waals surface area (Å²) in [6, 6.07) is 12.0. The van der Waals surface area contributed by atoms with Crippen LogP contribution in [0.5, 0.6) is 0 Å². The Bertz CT molecular complexity index is 1510. The Balaban J connectivity index is 1.59. The van der Waals surface area contributed by atoms with Crippen LogP contribution < -0.4 is 10.2 Å². The zero-order chi connectivity index (χ0) is 28.6. The first-order valence-corrected chi connectivity index (χ1v) is 13.8. The van der Waals surface area contributed by atoms with Crippen molar-refractivity contribution < 1.29 is 14.3 Å². The molecule has 10 nitrogen and oxygen atoms in total. The van der Waals surface area contributed by atoms with E-state index in [0.29, 0.717) is 19.0 Å². The quantitative estimate of drug-likeness (QED) is 0.356. The number of carbonyl (C=O) groups is 1. The van der Waals surface area contributed by atoms with Crippen LogP contribution >= 0.6 is 0 Å². The van der Waals surface area contributed by atoms with Crippen molar-refractivity contribution in [2.24, 2.45) is 13.0 Å². The average molecular weight is 546 g/mol. The van der Waals surface area contributed by atoms with Gasteiger partial charge in [0.2, 0.25) is 0 Å². The fourth-order valence-electron chi connectivity index (χ4n) is 4.95. The molecule has 1 aromatic carbocycles. The molecule has 5 rings (SSSR count). The predicted molar refractivity (Wildman–Crippen MR) is 156 cm³/mol. The second kappa shape index (κ2) is 10.9. The maximum absolute atomic E-state index is 12.7. The molecular weight excluding hydrogens is 506 g/mol. The van der Waals surface area contributed by atoms with Gasteiger partial charge in [-0.05, 0) is 45.7 Å². The van der Waals surface area contributed by atoms with Crippen molar-refractivity contribution >= 4 is 22.9 Å². The molecule has 40 heavy (non-hydrogen) atoms. The summed E-state index contributed by atoms with van der Waals surface area (Å²) < 4.78 is 15.0. The molecule has 0 saturated carbocycles. The molecule has 10 heteroatoms. The number of amides is 1. The van der Waals surface area contributed by atoms with Gasteiger partial charge in [0.15, 0.2) is 11.5 Å². The van der Waals surface area contributed by atoms with E-state index in [1.54, 1.807) is 0 Å². The number of alkyl carbamates (subject to hydrolysis) is 1. The summed E-state index contributed by atoms with van der Waals surface area (Å²) in [6.45, 7) is 14.5. The van der Waals surface area contributed by atoms with E-state index in [0.717, 1.165) is 47.0 Å². The number of pyridine rings is 1. The maximum Gasteiger partial charge on any atom is 0.408 e. The van der Waals surface area contributed by atoms with Crippen LogP contribution in [0.15, 0.2) is 42.6 Å². The summed E-state index contributed by atoms with van der Waals surface area (Å²) in [4.78, 5) is 25.1. The van der Waals surface area contributed by atoms with Crippen molar-refractivity contribution in [3.05, 3.63) is 54.0 Å². The predicted octanol–water partition coefficient (Wildman–Crippen LogP) is 5.19. The molecule has 1 atom stereocenters. The van der Waals surface area contributed by atoms with E-state index in [-0.39, 0.29) is 12.0 Å². The zero-order valence-electron chi connectivity index (χ0n) is 24.4. The Hall–Kier alpha value is -3.92. The number of aromatic nitrogens is 5. The summed E-state index contributed by atoms with van der Waals surface area (Å²) >= 11 is 0. The second-order valence-electron chi connectivity index (χ2n) is 11.7. The van der Waals surface area contributed by atoms with Gasteiger partial charge in [0.05, 0.1) is 30.6 Å². The van der Waals surface area contributed by atoms with Gasteiger partial charge in [-0.15, -0.1) is 0 Å². The van der Waals surface area contributed by atoms with Crippen molar-refractivity contribution in [1.82, 2.24) is 29.6 Å². The normalized spacial score (nSPS) is 15.1. The number of benzene rings is 1. The second-order valence-corrected chi connectivity index (χ2v) is 11.7. The highest BCUT2D eigenvalue weighted by molar-refractivity contribution is 5.88. The molecule has 1 aliphatic heterocycles. The highest BCUT2D eigenvalue weighted by atomic mass is 16.6. The Labute approximate surface area is 235 Å². The summed E-state index contributed by atoms with van der Waals surface area (Å²) in [7, 11) is 1.94. The first-order valence-electron chi connectivity index (χ1n) is 13.8. The molecule has 212 valence electrons. The lowest BCUT2D eigenvalue weighted by atomic mass is 10.0. The van der Waals surface area contributed by atoms with Gasteiger partial charge in [-0.3, -0.25) is 0 Å².